The van der Waals surface area contributed by atoms with E-state index in [0.29, 0.717) is 30.5 Å². The first-order chi connectivity index (χ1) is 13.8. The van der Waals surface area contributed by atoms with Crippen molar-refractivity contribution in [3.05, 3.63) is 35.8 Å². The number of aromatic nitrogens is 3. The molecule has 4 heterocycles. The monoisotopic (exact) mass is 402 g/mol. The summed E-state index contributed by atoms with van der Waals surface area (Å²) < 4.78 is 26.8. The maximum atomic E-state index is 13.4. The van der Waals surface area contributed by atoms with Crippen LogP contribution in [0, 0.1) is 6.92 Å². The number of carbonyl (C=O) groups excluding carboxylic acids is 1. The van der Waals surface area contributed by atoms with Gasteiger partial charge in [0.1, 0.15) is 17.5 Å². The molecule has 4 rings (SSSR count). The van der Waals surface area contributed by atoms with E-state index in [1.54, 1.807) is 24.2 Å². The van der Waals surface area contributed by atoms with Gasteiger partial charge in [-0.1, -0.05) is 0 Å². The van der Waals surface area contributed by atoms with Gasteiger partial charge in [0.05, 0.1) is 31.2 Å². The summed E-state index contributed by atoms with van der Waals surface area (Å²) in [5.41, 5.74) is 1.84. The third-order valence-electron chi connectivity index (χ3n) is 5.45. The molecule has 0 spiro atoms. The Morgan fingerprint density at radius 3 is 2.45 bits per heavy atom. The highest BCUT2D eigenvalue weighted by atomic mass is 19.3. The number of hydrogen-bond donors (Lipinski definition) is 1. The Bertz CT molecular complexity index is 888. The van der Waals surface area contributed by atoms with E-state index in [2.05, 4.69) is 20.3 Å². The lowest BCUT2D eigenvalue weighted by Crippen LogP contribution is -2.56. The number of carbonyl (C=O) groups is 1. The van der Waals surface area contributed by atoms with Crippen LogP contribution in [-0.2, 0) is 4.79 Å². The van der Waals surface area contributed by atoms with Crippen LogP contribution < -0.4 is 10.2 Å². The second kappa shape index (κ2) is 7.53. The quantitative estimate of drug-likeness (QED) is 0.847. The Labute approximate surface area is 168 Å². The second-order valence-corrected chi connectivity index (χ2v) is 7.80. The van der Waals surface area contributed by atoms with E-state index in [4.69, 9.17) is 0 Å². The lowest BCUT2D eigenvalue weighted by molar-refractivity contribution is -0.129. The summed E-state index contributed by atoms with van der Waals surface area (Å²) in [4.78, 5) is 28.0. The van der Waals surface area contributed by atoms with Crippen molar-refractivity contribution in [1.29, 1.82) is 0 Å². The largest absolute Gasteiger partial charge is 0.344 e. The van der Waals surface area contributed by atoms with E-state index < -0.39 is 5.92 Å². The summed E-state index contributed by atoms with van der Waals surface area (Å²) in [7, 11) is 0. The molecule has 9 heteroatoms. The first-order valence-electron chi connectivity index (χ1n) is 9.75. The predicted molar refractivity (Wildman–Crippen MR) is 106 cm³/mol. The fourth-order valence-corrected chi connectivity index (χ4v) is 3.79. The minimum absolute atomic E-state index is 0.0852. The topological polar surface area (TPSA) is 74.2 Å². The molecule has 0 aliphatic carbocycles. The Hall–Kier alpha value is -2.84. The highest BCUT2D eigenvalue weighted by molar-refractivity contribution is 5.73. The molecule has 2 saturated heterocycles. The average Bonchev–Trinajstić information content (AvgIpc) is 2.67. The van der Waals surface area contributed by atoms with Crippen LogP contribution in [0.4, 0.5) is 26.2 Å². The number of nitrogens with zero attached hydrogens (tertiary/aromatic N) is 5. The molecule has 2 aliphatic heterocycles. The summed E-state index contributed by atoms with van der Waals surface area (Å²) in [5, 5.41) is 3.14. The molecule has 0 aromatic carbocycles. The molecule has 2 aromatic rings. The van der Waals surface area contributed by atoms with Crippen LogP contribution in [0.5, 0.6) is 0 Å². The van der Waals surface area contributed by atoms with Gasteiger partial charge in [-0.2, -0.15) is 0 Å². The number of anilines is 3. The minimum Gasteiger partial charge on any atom is -0.344 e. The Balaban J connectivity index is 1.58. The van der Waals surface area contributed by atoms with E-state index in [9.17, 15) is 13.6 Å². The number of pyridine rings is 1. The third-order valence-corrected chi connectivity index (χ3v) is 5.45. The van der Waals surface area contributed by atoms with Crippen molar-refractivity contribution in [2.24, 2.45) is 0 Å². The number of piperidine rings is 1. The summed E-state index contributed by atoms with van der Waals surface area (Å²) in [6, 6.07) is 3.84. The molecule has 0 atom stereocenters. The predicted octanol–water partition coefficient (Wildman–Crippen LogP) is 3.10. The first kappa shape index (κ1) is 19.5. The van der Waals surface area contributed by atoms with Gasteiger partial charge in [0.25, 0.3) is 5.92 Å². The fraction of sp³-hybridized carbons (Fsp3) is 0.500. The molecule has 1 amide bonds. The lowest BCUT2D eigenvalue weighted by atomic mass is 9.89. The number of halogens is 2. The molecule has 0 radical (unpaired) electrons. The molecular weight excluding hydrogens is 378 g/mol. The number of aryl methyl sites for hydroxylation is 1. The standard InChI is InChI=1S/C20H24F2N6O/c1-13-9-24-18(10-23-13)25-17-7-16(15-3-5-27(6-4-15)14(2)29)8-19(26-17)28-11-20(21,22)12-28/h7-10,15H,3-6,11-12H2,1-2H3,(H,24,25,26). The van der Waals surface area contributed by atoms with E-state index in [1.165, 1.54) is 0 Å². The highest BCUT2D eigenvalue weighted by Gasteiger charge is 2.44. The lowest BCUT2D eigenvalue weighted by Gasteiger charge is -2.40. The summed E-state index contributed by atoms with van der Waals surface area (Å²) >= 11 is 0. The van der Waals surface area contributed by atoms with Crippen molar-refractivity contribution in [3.8, 4) is 0 Å². The minimum atomic E-state index is -2.67. The van der Waals surface area contributed by atoms with Crippen LogP contribution >= 0.6 is 0 Å². The van der Waals surface area contributed by atoms with Crippen LogP contribution in [0.15, 0.2) is 24.5 Å². The molecule has 2 aromatic heterocycles. The Kier molecular flexibility index (Phi) is 5.06. The summed E-state index contributed by atoms with van der Waals surface area (Å²) in [5.74, 6) is -0.697. The van der Waals surface area contributed by atoms with E-state index in [1.807, 2.05) is 24.0 Å². The zero-order valence-corrected chi connectivity index (χ0v) is 16.5. The van der Waals surface area contributed by atoms with Crippen molar-refractivity contribution < 1.29 is 13.6 Å². The number of rotatable bonds is 4. The summed E-state index contributed by atoms with van der Waals surface area (Å²) in [6.07, 6.45) is 4.94. The van der Waals surface area contributed by atoms with Crippen LogP contribution in [-0.4, -0.2) is 57.9 Å². The Morgan fingerprint density at radius 1 is 1.14 bits per heavy atom. The second-order valence-electron chi connectivity index (χ2n) is 7.80. The molecule has 154 valence electrons. The number of alkyl halides is 2. The van der Waals surface area contributed by atoms with Crippen LogP contribution in [0.25, 0.3) is 0 Å². The van der Waals surface area contributed by atoms with Gasteiger partial charge in [-0.05, 0) is 43.4 Å². The third kappa shape index (κ3) is 4.44. The highest BCUT2D eigenvalue weighted by Crippen LogP contribution is 2.36. The SMILES string of the molecule is CC(=O)N1CCC(c2cc(Nc3cnc(C)cn3)nc(N3CC(F)(F)C3)c2)CC1. The molecular formula is C20H24F2N6O. The van der Waals surface area contributed by atoms with Gasteiger partial charge >= 0.3 is 0 Å². The number of nitrogens with one attached hydrogen (secondary N) is 1. The average molecular weight is 402 g/mol. The van der Waals surface area contributed by atoms with Gasteiger partial charge in [-0.25, -0.2) is 18.7 Å². The molecule has 0 saturated carbocycles. The van der Waals surface area contributed by atoms with Crippen molar-refractivity contribution in [2.45, 2.75) is 38.5 Å². The van der Waals surface area contributed by atoms with Gasteiger partial charge in [-0.3, -0.25) is 9.78 Å². The zero-order valence-electron chi connectivity index (χ0n) is 16.5. The van der Waals surface area contributed by atoms with Gasteiger partial charge < -0.3 is 15.1 Å². The molecule has 0 bridgehead atoms. The van der Waals surface area contributed by atoms with Crippen molar-refractivity contribution in [2.75, 3.05) is 36.4 Å². The Morgan fingerprint density at radius 2 is 1.86 bits per heavy atom. The molecule has 2 aliphatic rings. The van der Waals surface area contributed by atoms with Crippen LogP contribution in [0.2, 0.25) is 0 Å². The van der Waals surface area contributed by atoms with E-state index >= 15 is 0 Å². The smallest absolute Gasteiger partial charge is 0.282 e. The van der Waals surface area contributed by atoms with Crippen molar-refractivity contribution in [1.82, 2.24) is 19.9 Å². The fourth-order valence-electron chi connectivity index (χ4n) is 3.79. The van der Waals surface area contributed by atoms with Crippen molar-refractivity contribution in [3.63, 3.8) is 0 Å². The van der Waals surface area contributed by atoms with Gasteiger partial charge in [-0.15, -0.1) is 0 Å². The maximum Gasteiger partial charge on any atom is 0.282 e. The van der Waals surface area contributed by atoms with Crippen LogP contribution in [0.1, 0.15) is 36.9 Å². The molecule has 2 fully saturated rings. The first-order valence-corrected chi connectivity index (χ1v) is 9.75. The molecule has 7 nitrogen and oxygen atoms in total. The molecule has 1 N–H and O–H groups in total. The zero-order chi connectivity index (χ0) is 20.6. The molecule has 0 unspecified atom stereocenters. The van der Waals surface area contributed by atoms with Gasteiger partial charge in [0.15, 0.2) is 0 Å². The normalized spacial score (nSPS) is 19.0. The van der Waals surface area contributed by atoms with Crippen LogP contribution in [0.3, 0.4) is 0 Å². The van der Waals surface area contributed by atoms with E-state index in [-0.39, 0.29) is 24.9 Å². The number of likely N-dealkylation sites (tertiary alicyclic amines) is 1. The maximum absolute atomic E-state index is 13.4. The van der Waals surface area contributed by atoms with Gasteiger partial charge in [0, 0.05) is 20.0 Å². The number of hydrogen-bond acceptors (Lipinski definition) is 6. The summed E-state index contributed by atoms with van der Waals surface area (Å²) in [6.45, 7) is 4.19. The van der Waals surface area contributed by atoms with E-state index in [0.717, 1.165) is 24.1 Å². The molecule has 29 heavy (non-hydrogen) atoms. The number of amides is 1. The van der Waals surface area contributed by atoms with Crippen molar-refractivity contribution >= 4 is 23.4 Å². The van der Waals surface area contributed by atoms with Gasteiger partial charge in [0.2, 0.25) is 5.91 Å².